The molecule has 0 aromatic heterocycles. The fourth-order valence-electron chi connectivity index (χ4n) is 1.21. The number of aliphatic hydroxyl groups is 1. The summed E-state index contributed by atoms with van der Waals surface area (Å²) in [7, 11) is 3.08. The highest BCUT2D eigenvalue weighted by molar-refractivity contribution is 5.42. The third kappa shape index (κ3) is 2.16. The van der Waals surface area contributed by atoms with Gasteiger partial charge in [-0.15, -0.1) is 0 Å². The molecular formula is C10H15NO3. The van der Waals surface area contributed by atoms with Gasteiger partial charge in [0, 0.05) is 5.56 Å². The van der Waals surface area contributed by atoms with Crippen molar-refractivity contribution in [1.29, 1.82) is 0 Å². The maximum absolute atomic E-state index is 9.66. The Morgan fingerprint density at radius 1 is 1.29 bits per heavy atom. The van der Waals surface area contributed by atoms with Crippen LogP contribution >= 0.6 is 0 Å². The highest BCUT2D eigenvalue weighted by atomic mass is 16.5. The molecule has 0 amide bonds. The fourth-order valence-corrected chi connectivity index (χ4v) is 1.21. The first-order chi connectivity index (χ1) is 6.49. The van der Waals surface area contributed by atoms with Gasteiger partial charge in [0.05, 0.1) is 14.2 Å². The SMILES string of the molecule is COc1ccc(OC)c(C(C)(N)O)c1. The molecule has 0 bridgehead atoms. The van der Waals surface area contributed by atoms with Gasteiger partial charge in [0.25, 0.3) is 0 Å². The molecule has 4 heteroatoms. The lowest BCUT2D eigenvalue weighted by Gasteiger charge is -2.21. The van der Waals surface area contributed by atoms with Gasteiger partial charge in [-0.2, -0.15) is 0 Å². The Morgan fingerprint density at radius 2 is 1.93 bits per heavy atom. The molecule has 0 spiro atoms. The zero-order chi connectivity index (χ0) is 10.8. The molecule has 0 aliphatic rings. The van der Waals surface area contributed by atoms with Crippen LogP contribution in [0.1, 0.15) is 12.5 Å². The van der Waals surface area contributed by atoms with Gasteiger partial charge in [0.15, 0.2) is 0 Å². The van der Waals surface area contributed by atoms with E-state index in [0.29, 0.717) is 17.1 Å². The lowest BCUT2D eigenvalue weighted by molar-refractivity contribution is 0.0617. The van der Waals surface area contributed by atoms with E-state index >= 15 is 0 Å². The summed E-state index contributed by atoms with van der Waals surface area (Å²) in [6, 6.07) is 5.10. The van der Waals surface area contributed by atoms with E-state index in [1.807, 2.05) is 0 Å². The third-order valence-electron chi connectivity index (χ3n) is 1.95. The van der Waals surface area contributed by atoms with E-state index in [1.165, 1.54) is 14.0 Å². The molecule has 0 aliphatic carbocycles. The summed E-state index contributed by atoms with van der Waals surface area (Å²) in [5.41, 5.74) is 4.65. The first-order valence-corrected chi connectivity index (χ1v) is 4.23. The van der Waals surface area contributed by atoms with E-state index in [-0.39, 0.29) is 0 Å². The number of benzene rings is 1. The van der Waals surface area contributed by atoms with Crippen molar-refractivity contribution in [3.63, 3.8) is 0 Å². The predicted octanol–water partition coefficient (Wildman–Crippen LogP) is 0.827. The van der Waals surface area contributed by atoms with Gasteiger partial charge in [-0.3, -0.25) is 5.73 Å². The molecule has 3 N–H and O–H groups in total. The van der Waals surface area contributed by atoms with Crippen LogP contribution in [0.3, 0.4) is 0 Å². The number of rotatable bonds is 3. The average molecular weight is 197 g/mol. The van der Waals surface area contributed by atoms with Crippen LogP contribution in [0.25, 0.3) is 0 Å². The van der Waals surface area contributed by atoms with Crippen LogP contribution in [0.5, 0.6) is 11.5 Å². The molecule has 0 saturated heterocycles. The Kier molecular flexibility index (Phi) is 2.98. The Balaban J connectivity index is 3.22. The summed E-state index contributed by atoms with van der Waals surface area (Å²) in [4.78, 5) is 0. The smallest absolute Gasteiger partial charge is 0.140 e. The highest BCUT2D eigenvalue weighted by Gasteiger charge is 2.22. The van der Waals surface area contributed by atoms with Gasteiger partial charge in [0.2, 0.25) is 0 Å². The lowest BCUT2D eigenvalue weighted by Crippen LogP contribution is -2.32. The summed E-state index contributed by atoms with van der Waals surface area (Å²) in [5, 5.41) is 9.66. The molecule has 1 atom stereocenters. The number of hydrogen-bond acceptors (Lipinski definition) is 4. The van der Waals surface area contributed by atoms with Crippen LogP contribution in [0.2, 0.25) is 0 Å². The van der Waals surface area contributed by atoms with Crippen molar-refractivity contribution in [1.82, 2.24) is 0 Å². The molecule has 0 aliphatic heterocycles. The quantitative estimate of drug-likeness (QED) is 0.704. The van der Waals surface area contributed by atoms with Gasteiger partial charge in [-0.1, -0.05) is 0 Å². The number of ether oxygens (including phenoxy) is 2. The normalized spacial score (nSPS) is 14.6. The van der Waals surface area contributed by atoms with E-state index in [4.69, 9.17) is 15.2 Å². The minimum absolute atomic E-state index is 0.499. The Morgan fingerprint density at radius 3 is 2.36 bits per heavy atom. The van der Waals surface area contributed by atoms with Gasteiger partial charge in [0.1, 0.15) is 17.2 Å². The van der Waals surface area contributed by atoms with Crippen molar-refractivity contribution in [3.05, 3.63) is 23.8 Å². The van der Waals surface area contributed by atoms with Crippen molar-refractivity contribution in [2.24, 2.45) is 5.73 Å². The van der Waals surface area contributed by atoms with Crippen LogP contribution in [0.15, 0.2) is 18.2 Å². The Hall–Kier alpha value is -1.26. The molecule has 1 unspecified atom stereocenters. The highest BCUT2D eigenvalue weighted by Crippen LogP contribution is 2.29. The van der Waals surface area contributed by atoms with Crippen molar-refractivity contribution in [2.75, 3.05) is 14.2 Å². The molecule has 14 heavy (non-hydrogen) atoms. The largest absolute Gasteiger partial charge is 0.497 e. The van der Waals surface area contributed by atoms with Crippen LogP contribution < -0.4 is 15.2 Å². The first-order valence-electron chi connectivity index (χ1n) is 4.23. The molecule has 0 radical (unpaired) electrons. The molecule has 78 valence electrons. The van der Waals surface area contributed by atoms with Crippen molar-refractivity contribution in [2.45, 2.75) is 12.6 Å². The molecule has 1 aromatic carbocycles. The van der Waals surface area contributed by atoms with E-state index in [0.717, 1.165) is 0 Å². The lowest BCUT2D eigenvalue weighted by atomic mass is 10.0. The number of hydrogen-bond donors (Lipinski definition) is 2. The maximum Gasteiger partial charge on any atom is 0.140 e. The van der Waals surface area contributed by atoms with Crippen molar-refractivity contribution >= 4 is 0 Å². The average Bonchev–Trinajstić information content (AvgIpc) is 2.15. The summed E-state index contributed by atoms with van der Waals surface area (Å²) in [6.07, 6.45) is 0. The second kappa shape index (κ2) is 3.86. The molecule has 1 rings (SSSR count). The van der Waals surface area contributed by atoms with E-state index in [1.54, 1.807) is 25.3 Å². The first kappa shape index (κ1) is 10.8. The molecule has 0 saturated carbocycles. The van der Waals surface area contributed by atoms with Gasteiger partial charge in [-0.05, 0) is 25.1 Å². The number of nitrogens with two attached hydrogens (primary N) is 1. The second-order valence-electron chi connectivity index (χ2n) is 3.21. The monoisotopic (exact) mass is 197 g/mol. The summed E-state index contributed by atoms with van der Waals surface area (Å²) in [5.74, 6) is 1.17. The standard InChI is InChI=1S/C10H15NO3/c1-10(11,12)8-6-7(13-2)4-5-9(8)14-3/h4-6,12H,11H2,1-3H3. The molecule has 0 fully saturated rings. The van der Waals surface area contributed by atoms with Crippen molar-refractivity contribution < 1.29 is 14.6 Å². The van der Waals surface area contributed by atoms with Gasteiger partial charge in [-0.25, -0.2) is 0 Å². The number of methoxy groups -OCH3 is 2. The van der Waals surface area contributed by atoms with E-state index < -0.39 is 5.72 Å². The zero-order valence-electron chi connectivity index (χ0n) is 8.57. The van der Waals surface area contributed by atoms with Crippen LogP contribution in [0, 0.1) is 0 Å². The summed E-state index contributed by atoms with van der Waals surface area (Å²) in [6.45, 7) is 1.49. The Bertz CT molecular complexity index is 318. The Labute approximate surface area is 83.3 Å². The van der Waals surface area contributed by atoms with E-state index in [2.05, 4.69) is 0 Å². The minimum Gasteiger partial charge on any atom is -0.497 e. The van der Waals surface area contributed by atoms with Gasteiger partial charge < -0.3 is 14.6 Å². The topological polar surface area (TPSA) is 64.7 Å². The van der Waals surface area contributed by atoms with Crippen LogP contribution in [-0.2, 0) is 5.72 Å². The summed E-state index contributed by atoms with van der Waals surface area (Å²) >= 11 is 0. The van der Waals surface area contributed by atoms with Crippen molar-refractivity contribution in [3.8, 4) is 11.5 Å². The zero-order valence-corrected chi connectivity index (χ0v) is 8.57. The van der Waals surface area contributed by atoms with Gasteiger partial charge >= 0.3 is 0 Å². The predicted molar refractivity (Wildman–Crippen MR) is 53.3 cm³/mol. The molecule has 0 heterocycles. The molecule has 1 aromatic rings. The van der Waals surface area contributed by atoms with E-state index in [9.17, 15) is 5.11 Å². The molecular weight excluding hydrogens is 182 g/mol. The maximum atomic E-state index is 9.66. The summed E-state index contributed by atoms with van der Waals surface area (Å²) < 4.78 is 10.1. The third-order valence-corrected chi connectivity index (χ3v) is 1.95. The minimum atomic E-state index is -1.43. The second-order valence-corrected chi connectivity index (χ2v) is 3.21. The van der Waals surface area contributed by atoms with Crippen LogP contribution in [0.4, 0.5) is 0 Å². The fraction of sp³-hybridized carbons (Fsp3) is 0.400. The molecule has 4 nitrogen and oxygen atoms in total. The van der Waals surface area contributed by atoms with Crippen LogP contribution in [-0.4, -0.2) is 19.3 Å².